The molecule has 4 atom stereocenters. The summed E-state index contributed by atoms with van der Waals surface area (Å²) < 4.78 is 5.18. The Bertz CT molecular complexity index is 733. The molecule has 3 saturated carbocycles. The molecule has 3 aliphatic rings. The summed E-state index contributed by atoms with van der Waals surface area (Å²) in [6.45, 7) is 8.12. The minimum absolute atomic E-state index is 0.393. The largest absolute Gasteiger partial charge is 0.497 e. The van der Waals surface area contributed by atoms with Crippen molar-refractivity contribution in [3.8, 4) is 5.75 Å². The minimum Gasteiger partial charge on any atom is -0.497 e. The first-order valence-electron chi connectivity index (χ1n) is 10.5. The zero-order chi connectivity index (χ0) is 19.1. The van der Waals surface area contributed by atoms with Crippen LogP contribution in [0.15, 0.2) is 41.1 Å². The van der Waals surface area contributed by atoms with E-state index in [-0.39, 0.29) is 0 Å². The van der Waals surface area contributed by atoms with Crippen molar-refractivity contribution in [2.75, 3.05) is 13.7 Å². The smallest absolute Gasteiger partial charge is 0.135 e. The van der Waals surface area contributed by atoms with E-state index in [0.717, 1.165) is 29.1 Å². The highest BCUT2D eigenvalue weighted by Gasteiger charge is 2.62. The number of rotatable bonds is 5. The van der Waals surface area contributed by atoms with Crippen LogP contribution in [0.3, 0.4) is 0 Å². The summed E-state index contributed by atoms with van der Waals surface area (Å²) in [5.41, 5.74) is 3.57. The molecule has 0 amide bonds. The second-order valence-corrected chi connectivity index (χ2v) is 9.54. The van der Waals surface area contributed by atoms with Crippen molar-refractivity contribution < 1.29 is 9.57 Å². The van der Waals surface area contributed by atoms with E-state index in [4.69, 9.17) is 9.57 Å². The van der Waals surface area contributed by atoms with Gasteiger partial charge >= 0.3 is 0 Å². The third-order valence-corrected chi connectivity index (χ3v) is 7.72. The molecule has 1 aromatic carbocycles. The van der Waals surface area contributed by atoms with E-state index < -0.39 is 0 Å². The fourth-order valence-corrected chi connectivity index (χ4v) is 6.54. The van der Waals surface area contributed by atoms with Crippen molar-refractivity contribution in [2.24, 2.45) is 33.7 Å². The number of hydrogen-bond acceptors (Lipinski definition) is 3. The van der Waals surface area contributed by atoms with Crippen LogP contribution in [0.2, 0.25) is 0 Å². The molecule has 0 spiro atoms. The summed E-state index contributed by atoms with van der Waals surface area (Å²) in [5, 5.41) is 4.17. The molecule has 0 aliphatic heterocycles. The molecule has 4 rings (SSSR count). The van der Waals surface area contributed by atoms with Crippen LogP contribution in [0.1, 0.15) is 58.4 Å². The number of nitrogens with zero attached hydrogens (tertiary/aromatic N) is 1. The van der Waals surface area contributed by atoms with E-state index in [1.54, 1.807) is 18.9 Å². The number of allylic oxidation sites excluding steroid dienone is 1. The third kappa shape index (κ3) is 3.19. The van der Waals surface area contributed by atoms with Crippen molar-refractivity contribution in [2.45, 2.75) is 52.9 Å². The average molecular weight is 368 g/mol. The van der Waals surface area contributed by atoms with Crippen molar-refractivity contribution in [1.29, 1.82) is 0 Å². The average Bonchev–Trinajstić information content (AvgIpc) is 3.15. The highest BCUT2D eigenvalue weighted by Crippen LogP contribution is 2.70. The minimum atomic E-state index is 0.393. The van der Waals surface area contributed by atoms with E-state index >= 15 is 0 Å². The predicted octanol–water partition coefficient (Wildman–Crippen LogP) is 5.84. The molecule has 0 N–H and O–H groups in total. The number of oxime groups is 1. The van der Waals surface area contributed by atoms with Gasteiger partial charge in [0, 0.05) is 0 Å². The van der Waals surface area contributed by atoms with Gasteiger partial charge in [0.15, 0.2) is 0 Å². The van der Waals surface area contributed by atoms with Crippen LogP contribution in [0.4, 0.5) is 0 Å². The van der Waals surface area contributed by atoms with Gasteiger partial charge in [0.1, 0.15) is 12.4 Å². The molecule has 1 aromatic rings. The highest BCUT2D eigenvalue weighted by atomic mass is 16.6. The van der Waals surface area contributed by atoms with Gasteiger partial charge in [0.25, 0.3) is 0 Å². The molecule has 4 bridgehead atoms. The molecule has 146 valence electrons. The van der Waals surface area contributed by atoms with E-state index in [1.165, 1.54) is 32.1 Å². The molecule has 0 aromatic heterocycles. The lowest BCUT2D eigenvalue weighted by atomic mass is 9.68. The van der Waals surface area contributed by atoms with Crippen LogP contribution in [0, 0.1) is 28.6 Å². The van der Waals surface area contributed by atoms with Crippen molar-refractivity contribution >= 4 is 6.21 Å². The van der Waals surface area contributed by atoms with E-state index in [1.807, 2.05) is 24.3 Å². The fourth-order valence-electron chi connectivity index (χ4n) is 6.54. The lowest BCUT2D eigenvalue weighted by Gasteiger charge is -2.36. The van der Waals surface area contributed by atoms with Gasteiger partial charge < -0.3 is 9.57 Å². The maximum atomic E-state index is 5.60. The van der Waals surface area contributed by atoms with Crippen LogP contribution < -0.4 is 4.74 Å². The van der Waals surface area contributed by atoms with E-state index in [2.05, 4.69) is 32.0 Å². The first-order valence-corrected chi connectivity index (χ1v) is 10.5. The zero-order valence-corrected chi connectivity index (χ0v) is 17.2. The normalized spacial score (nSPS) is 35.6. The molecule has 3 aliphatic carbocycles. The van der Waals surface area contributed by atoms with Gasteiger partial charge in [-0.2, -0.15) is 0 Å². The van der Waals surface area contributed by atoms with Gasteiger partial charge in [0.05, 0.1) is 13.3 Å². The summed E-state index contributed by atoms with van der Waals surface area (Å²) in [4.78, 5) is 5.60. The number of methoxy groups -OCH3 is 1. The molecule has 0 heterocycles. The molecular formula is C24H33NO2. The predicted molar refractivity (Wildman–Crippen MR) is 110 cm³/mol. The second kappa shape index (κ2) is 7.00. The summed E-state index contributed by atoms with van der Waals surface area (Å²) in [6, 6.07) is 7.83. The van der Waals surface area contributed by atoms with Crippen molar-refractivity contribution in [3.63, 3.8) is 0 Å². The van der Waals surface area contributed by atoms with Gasteiger partial charge in [-0.25, -0.2) is 0 Å². The number of benzene rings is 1. The van der Waals surface area contributed by atoms with Crippen LogP contribution in [0.5, 0.6) is 5.75 Å². The molecule has 27 heavy (non-hydrogen) atoms. The summed E-state index contributed by atoms with van der Waals surface area (Å²) in [6.07, 6.45) is 11.0. The second-order valence-electron chi connectivity index (χ2n) is 9.54. The molecule has 3 fully saturated rings. The number of ether oxygens (including phenoxy) is 1. The number of hydrogen-bond donors (Lipinski definition) is 0. The van der Waals surface area contributed by atoms with Gasteiger partial charge in [-0.3, -0.25) is 0 Å². The molecule has 0 saturated heterocycles. The third-order valence-electron chi connectivity index (χ3n) is 7.72. The summed E-state index contributed by atoms with van der Waals surface area (Å²) in [7, 11) is 1.67. The SMILES string of the molecule is COc1ccc(/C=N/OCC=C2[C@H]3CC[C@@H]4[C@@H]3C(C)(C)CCC[C@]24C)cc1. The maximum absolute atomic E-state index is 5.60. The Hall–Kier alpha value is -1.77. The zero-order valence-electron chi connectivity index (χ0n) is 17.2. The Balaban J connectivity index is 1.42. The van der Waals surface area contributed by atoms with Gasteiger partial charge in [-0.05, 0) is 90.2 Å². The quantitative estimate of drug-likeness (QED) is 0.283. The Morgan fingerprint density at radius 1 is 1.11 bits per heavy atom. The molecule has 3 nitrogen and oxygen atoms in total. The van der Waals surface area contributed by atoms with E-state index in [0.29, 0.717) is 17.4 Å². The summed E-state index contributed by atoms with van der Waals surface area (Å²) in [5.74, 6) is 3.35. The van der Waals surface area contributed by atoms with Crippen LogP contribution in [-0.4, -0.2) is 19.9 Å². The first-order chi connectivity index (χ1) is 13.0. The highest BCUT2D eigenvalue weighted by molar-refractivity contribution is 5.79. The van der Waals surface area contributed by atoms with E-state index in [9.17, 15) is 0 Å². The Kier molecular flexibility index (Phi) is 4.82. The fraction of sp³-hybridized carbons (Fsp3) is 0.625. The van der Waals surface area contributed by atoms with Gasteiger partial charge in [-0.1, -0.05) is 37.9 Å². The monoisotopic (exact) mass is 367 g/mol. The Morgan fingerprint density at radius 3 is 2.63 bits per heavy atom. The topological polar surface area (TPSA) is 30.8 Å². The molecule has 0 unspecified atom stereocenters. The lowest BCUT2D eigenvalue weighted by molar-refractivity contribution is 0.141. The van der Waals surface area contributed by atoms with Crippen molar-refractivity contribution in [1.82, 2.24) is 0 Å². The maximum Gasteiger partial charge on any atom is 0.135 e. The molecular weight excluding hydrogens is 334 g/mol. The van der Waals surface area contributed by atoms with Gasteiger partial charge in [-0.15, -0.1) is 0 Å². The Labute approximate surface area is 163 Å². The standard InChI is InChI=1S/C24H33NO2/c1-23(2)13-5-14-24(3)20(19-10-11-21(24)22(19)23)12-15-27-25-16-17-6-8-18(26-4)9-7-17/h6-9,12,16,19,21-22H,5,10-11,13-15H2,1-4H3/b20-12?,25-16+/t19-,21-,22-,24-/m1/s1. The summed E-state index contributed by atoms with van der Waals surface area (Å²) >= 11 is 0. The Morgan fingerprint density at radius 2 is 1.89 bits per heavy atom. The van der Waals surface area contributed by atoms with Crippen LogP contribution >= 0.6 is 0 Å². The molecule has 0 radical (unpaired) electrons. The first kappa shape index (κ1) is 18.6. The van der Waals surface area contributed by atoms with Crippen molar-refractivity contribution in [3.05, 3.63) is 41.5 Å². The van der Waals surface area contributed by atoms with Gasteiger partial charge in [0.2, 0.25) is 0 Å². The molecule has 3 heteroatoms. The van der Waals surface area contributed by atoms with Crippen LogP contribution in [-0.2, 0) is 4.84 Å². The van der Waals surface area contributed by atoms with Crippen LogP contribution in [0.25, 0.3) is 0 Å². The lowest BCUT2D eigenvalue weighted by Crippen LogP contribution is -2.28.